The predicted molar refractivity (Wildman–Crippen MR) is 101 cm³/mol. The smallest absolute Gasteiger partial charge is 0.325 e. The van der Waals surface area contributed by atoms with Crippen molar-refractivity contribution >= 4 is 28.6 Å². The van der Waals surface area contributed by atoms with Gasteiger partial charge in [0.15, 0.2) is 5.96 Å². The summed E-state index contributed by atoms with van der Waals surface area (Å²) in [5, 5.41) is 22.7. The highest BCUT2D eigenvalue weighted by Crippen LogP contribution is 2.15. The Hall–Kier alpha value is -2.64. The van der Waals surface area contributed by atoms with E-state index >= 15 is 0 Å². The van der Waals surface area contributed by atoms with Gasteiger partial charge in [0.25, 0.3) is 0 Å². The third-order valence-corrected chi connectivity index (χ3v) is 3.96. The standard InChI is InChI=1S/C18H27N5O3/c1-2-3-4-5-6-7-8-11-19-18(20-13-17(24)25)21-14-9-10-15-16(12-14)23-26-22-15/h9-10,12H,2-8,11,13H2,1H3,(H,24,25)(H2,19,20,21). The molecule has 0 spiro atoms. The summed E-state index contributed by atoms with van der Waals surface area (Å²) in [5.41, 5.74) is 2.03. The molecule has 8 heteroatoms. The van der Waals surface area contributed by atoms with Gasteiger partial charge in [0.2, 0.25) is 0 Å². The molecule has 26 heavy (non-hydrogen) atoms. The Labute approximate surface area is 153 Å². The number of nitrogens with zero attached hydrogens (tertiary/aromatic N) is 3. The first-order valence-electron chi connectivity index (χ1n) is 9.18. The van der Waals surface area contributed by atoms with Crippen LogP contribution in [0.15, 0.2) is 27.8 Å². The zero-order chi connectivity index (χ0) is 18.6. The zero-order valence-electron chi connectivity index (χ0n) is 15.2. The number of carbonyl (C=O) groups is 1. The maximum absolute atomic E-state index is 10.8. The van der Waals surface area contributed by atoms with E-state index in [4.69, 9.17) is 5.11 Å². The maximum atomic E-state index is 10.8. The molecule has 0 amide bonds. The molecule has 8 nitrogen and oxygen atoms in total. The molecule has 0 fully saturated rings. The molecule has 0 aliphatic heterocycles. The molecule has 0 radical (unpaired) electrons. The lowest BCUT2D eigenvalue weighted by molar-refractivity contribution is -0.135. The third kappa shape index (κ3) is 7.08. The molecule has 1 aromatic carbocycles. The van der Waals surface area contributed by atoms with E-state index in [2.05, 4.69) is 37.5 Å². The van der Waals surface area contributed by atoms with Gasteiger partial charge in [-0.2, -0.15) is 0 Å². The van der Waals surface area contributed by atoms with Crippen molar-refractivity contribution in [3.05, 3.63) is 18.2 Å². The number of unbranched alkanes of at least 4 members (excludes halogenated alkanes) is 6. The van der Waals surface area contributed by atoms with Crippen LogP contribution in [0.1, 0.15) is 51.9 Å². The van der Waals surface area contributed by atoms with E-state index in [-0.39, 0.29) is 6.54 Å². The number of aliphatic carboxylic acids is 1. The van der Waals surface area contributed by atoms with Crippen LogP contribution in [-0.2, 0) is 4.79 Å². The van der Waals surface area contributed by atoms with Crippen LogP contribution in [-0.4, -0.2) is 40.4 Å². The number of aromatic nitrogens is 2. The lowest BCUT2D eigenvalue weighted by Crippen LogP contribution is -2.32. The summed E-state index contributed by atoms with van der Waals surface area (Å²) < 4.78 is 4.68. The minimum Gasteiger partial charge on any atom is -0.480 e. The summed E-state index contributed by atoms with van der Waals surface area (Å²) in [6.45, 7) is 2.67. The van der Waals surface area contributed by atoms with Crippen LogP contribution in [0.2, 0.25) is 0 Å². The summed E-state index contributed by atoms with van der Waals surface area (Å²) in [4.78, 5) is 14.9. The summed E-state index contributed by atoms with van der Waals surface area (Å²) in [7, 11) is 0. The molecule has 1 aromatic heterocycles. The van der Waals surface area contributed by atoms with E-state index in [1.54, 1.807) is 12.1 Å². The van der Waals surface area contributed by atoms with E-state index < -0.39 is 5.97 Å². The zero-order valence-corrected chi connectivity index (χ0v) is 15.2. The minimum atomic E-state index is -0.974. The lowest BCUT2D eigenvalue weighted by atomic mass is 10.1. The molecule has 3 N–H and O–H groups in total. The van der Waals surface area contributed by atoms with Crippen molar-refractivity contribution in [1.29, 1.82) is 0 Å². The monoisotopic (exact) mass is 361 g/mol. The lowest BCUT2D eigenvalue weighted by Gasteiger charge is -2.12. The molecule has 0 saturated carbocycles. The van der Waals surface area contributed by atoms with Crippen molar-refractivity contribution in [1.82, 2.24) is 15.6 Å². The average Bonchev–Trinajstić information content (AvgIpc) is 3.09. The fourth-order valence-corrected chi connectivity index (χ4v) is 2.57. The fourth-order valence-electron chi connectivity index (χ4n) is 2.57. The van der Waals surface area contributed by atoms with E-state index in [9.17, 15) is 4.79 Å². The van der Waals surface area contributed by atoms with Gasteiger partial charge in [-0.1, -0.05) is 45.4 Å². The largest absolute Gasteiger partial charge is 0.480 e. The van der Waals surface area contributed by atoms with Crippen molar-refractivity contribution in [2.75, 3.05) is 18.4 Å². The van der Waals surface area contributed by atoms with Crippen LogP contribution in [0.5, 0.6) is 0 Å². The highest BCUT2D eigenvalue weighted by Gasteiger charge is 2.05. The minimum absolute atomic E-state index is 0.292. The van der Waals surface area contributed by atoms with Crippen LogP contribution in [0.4, 0.5) is 5.69 Å². The topological polar surface area (TPSA) is 113 Å². The number of benzene rings is 1. The van der Waals surface area contributed by atoms with Crippen molar-refractivity contribution < 1.29 is 14.5 Å². The van der Waals surface area contributed by atoms with Crippen LogP contribution >= 0.6 is 0 Å². The van der Waals surface area contributed by atoms with Crippen LogP contribution < -0.4 is 10.6 Å². The highest BCUT2D eigenvalue weighted by atomic mass is 16.6. The van der Waals surface area contributed by atoms with E-state index in [0.29, 0.717) is 17.0 Å². The Morgan fingerprint density at radius 3 is 2.62 bits per heavy atom. The molecule has 0 saturated heterocycles. The van der Waals surface area contributed by atoms with Gasteiger partial charge in [0, 0.05) is 12.2 Å². The molecule has 0 bridgehead atoms. The number of rotatable bonds is 11. The van der Waals surface area contributed by atoms with Gasteiger partial charge in [0.05, 0.1) is 0 Å². The Bertz CT molecular complexity index is 714. The number of nitrogens with one attached hydrogen (secondary N) is 2. The molecular weight excluding hydrogens is 334 g/mol. The van der Waals surface area contributed by atoms with Crippen molar-refractivity contribution in [3.8, 4) is 0 Å². The maximum Gasteiger partial charge on any atom is 0.325 e. The number of hydrogen-bond donors (Lipinski definition) is 3. The summed E-state index contributed by atoms with van der Waals surface area (Å²) in [5.74, 6) is -0.535. The summed E-state index contributed by atoms with van der Waals surface area (Å²) >= 11 is 0. The molecule has 0 aliphatic carbocycles. The first kappa shape index (κ1) is 19.7. The fraction of sp³-hybridized carbons (Fsp3) is 0.556. The first-order valence-corrected chi connectivity index (χ1v) is 9.18. The Balaban J connectivity index is 1.81. The molecule has 2 aromatic rings. The number of carboxylic acid groups (broad SMARTS) is 1. The van der Waals surface area contributed by atoms with Gasteiger partial charge in [0.1, 0.15) is 17.6 Å². The van der Waals surface area contributed by atoms with Crippen molar-refractivity contribution in [2.45, 2.75) is 51.9 Å². The molecular formula is C18H27N5O3. The molecule has 0 unspecified atom stereocenters. The van der Waals surface area contributed by atoms with Gasteiger partial charge in [-0.05, 0) is 34.9 Å². The Kier molecular flexibility index (Phi) is 8.38. The van der Waals surface area contributed by atoms with E-state index in [1.165, 1.54) is 32.1 Å². The first-order chi connectivity index (χ1) is 12.7. The number of guanidine groups is 1. The molecule has 0 aliphatic rings. The number of aliphatic imine (C=N–C) groups is 1. The van der Waals surface area contributed by atoms with Gasteiger partial charge < -0.3 is 15.7 Å². The molecule has 2 rings (SSSR count). The van der Waals surface area contributed by atoms with Crippen LogP contribution in [0.25, 0.3) is 11.0 Å². The normalized spacial score (nSPS) is 11.7. The van der Waals surface area contributed by atoms with Crippen LogP contribution in [0, 0.1) is 0 Å². The second kappa shape index (κ2) is 11.1. The molecule has 1 heterocycles. The van der Waals surface area contributed by atoms with Gasteiger partial charge in [-0.15, -0.1) is 0 Å². The second-order valence-corrected chi connectivity index (χ2v) is 6.20. The molecule has 142 valence electrons. The van der Waals surface area contributed by atoms with Crippen molar-refractivity contribution in [3.63, 3.8) is 0 Å². The van der Waals surface area contributed by atoms with E-state index in [0.717, 1.165) is 25.1 Å². The number of fused-ring (bicyclic) bond motifs is 1. The average molecular weight is 361 g/mol. The third-order valence-electron chi connectivity index (χ3n) is 3.96. The van der Waals surface area contributed by atoms with Gasteiger partial charge in [-0.3, -0.25) is 4.79 Å². The number of anilines is 1. The van der Waals surface area contributed by atoms with Crippen molar-refractivity contribution in [2.24, 2.45) is 4.99 Å². The summed E-state index contributed by atoms with van der Waals surface area (Å²) in [6.07, 6.45) is 8.54. The van der Waals surface area contributed by atoms with Crippen LogP contribution in [0.3, 0.4) is 0 Å². The number of carboxylic acids is 1. The van der Waals surface area contributed by atoms with Gasteiger partial charge in [-0.25, -0.2) is 9.62 Å². The number of hydrogen-bond acceptors (Lipinski definition) is 5. The molecule has 0 atom stereocenters. The van der Waals surface area contributed by atoms with E-state index in [1.807, 2.05) is 6.07 Å². The summed E-state index contributed by atoms with van der Waals surface area (Å²) in [6, 6.07) is 5.37. The van der Waals surface area contributed by atoms with Gasteiger partial charge >= 0.3 is 5.97 Å². The quantitative estimate of drug-likeness (QED) is 0.319. The Morgan fingerprint density at radius 2 is 1.85 bits per heavy atom. The Morgan fingerprint density at radius 1 is 1.12 bits per heavy atom. The SMILES string of the molecule is CCCCCCCCCNC(=NCC(=O)O)Nc1ccc2nonc2c1. The highest BCUT2D eigenvalue weighted by molar-refractivity contribution is 5.96. The predicted octanol–water partition coefficient (Wildman–Crippen LogP) is 3.42. The second-order valence-electron chi connectivity index (χ2n) is 6.20.